The first-order valence-corrected chi connectivity index (χ1v) is 8.01. The maximum absolute atomic E-state index is 13.8. The van der Waals surface area contributed by atoms with Gasteiger partial charge in [0.15, 0.2) is 9.84 Å². The Hall–Kier alpha value is -1.71. The topological polar surface area (TPSA) is 71.4 Å². The van der Waals surface area contributed by atoms with E-state index in [0.29, 0.717) is 6.07 Å². The Morgan fingerprint density at radius 2 is 1.50 bits per heavy atom. The first-order valence-electron chi connectivity index (χ1n) is 6.52. The molecular formula is C14H15F5O4S. The van der Waals surface area contributed by atoms with Crippen molar-refractivity contribution in [3.05, 3.63) is 28.8 Å². The van der Waals surface area contributed by atoms with Crippen LogP contribution < -0.4 is 0 Å². The molecule has 0 heterocycles. The van der Waals surface area contributed by atoms with Crippen molar-refractivity contribution in [2.24, 2.45) is 0 Å². The summed E-state index contributed by atoms with van der Waals surface area (Å²) in [4.78, 5) is 9.80. The van der Waals surface area contributed by atoms with E-state index in [1.54, 1.807) is 0 Å². The minimum atomic E-state index is -6.04. The number of aromatic carboxylic acids is 1. The van der Waals surface area contributed by atoms with Crippen molar-refractivity contribution in [2.75, 3.05) is 0 Å². The molecule has 0 radical (unpaired) electrons. The number of halogens is 5. The highest BCUT2D eigenvalue weighted by Crippen LogP contribution is 2.48. The van der Waals surface area contributed by atoms with Gasteiger partial charge in [-0.05, 0) is 39.3 Å². The SMILES string of the molecule is Cc1c(C(=O)O)ccc(C(F)(F)C(F)(F)F)c1S(=O)(=O)C(C)(C)C. The minimum Gasteiger partial charge on any atom is -0.478 e. The largest absolute Gasteiger partial charge is 0.478 e. The van der Waals surface area contributed by atoms with Crippen LogP contribution in [-0.2, 0) is 15.8 Å². The summed E-state index contributed by atoms with van der Waals surface area (Å²) in [5.41, 5.74) is -3.12. The van der Waals surface area contributed by atoms with Crippen LogP contribution in [0, 0.1) is 6.92 Å². The van der Waals surface area contributed by atoms with Crippen molar-refractivity contribution in [3.8, 4) is 0 Å². The van der Waals surface area contributed by atoms with Gasteiger partial charge in [0.1, 0.15) is 0 Å². The van der Waals surface area contributed by atoms with Crippen molar-refractivity contribution >= 4 is 15.8 Å². The van der Waals surface area contributed by atoms with Gasteiger partial charge in [0.2, 0.25) is 0 Å². The van der Waals surface area contributed by atoms with Crippen LogP contribution in [0.15, 0.2) is 17.0 Å². The molecule has 0 saturated carbocycles. The zero-order valence-corrected chi connectivity index (χ0v) is 13.9. The lowest BCUT2D eigenvalue weighted by Crippen LogP contribution is -2.38. The van der Waals surface area contributed by atoms with E-state index in [4.69, 9.17) is 5.11 Å². The monoisotopic (exact) mass is 374 g/mol. The Bertz CT molecular complexity index is 774. The summed E-state index contributed by atoms with van der Waals surface area (Å²) < 4.78 is 89.2. The minimum absolute atomic E-state index is 0.197. The van der Waals surface area contributed by atoms with E-state index in [1.807, 2.05) is 0 Å². The number of hydrogen-bond donors (Lipinski definition) is 1. The van der Waals surface area contributed by atoms with Gasteiger partial charge in [-0.2, -0.15) is 22.0 Å². The molecule has 0 aliphatic rings. The number of carbonyl (C=O) groups is 1. The number of sulfone groups is 1. The fourth-order valence-corrected chi connectivity index (χ4v) is 3.59. The second-order valence-corrected chi connectivity index (χ2v) is 8.75. The Balaban J connectivity index is 4.03. The predicted molar refractivity (Wildman–Crippen MR) is 75.0 cm³/mol. The van der Waals surface area contributed by atoms with Crippen molar-refractivity contribution < 1.29 is 40.3 Å². The third-order valence-electron chi connectivity index (χ3n) is 3.41. The van der Waals surface area contributed by atoms with Crippen LogP contribution in [0.3, 0.4) is 0 Å². The molecule has 0 bridgehead atoms. The highest BCUT2D eigenvalue weighted by Gasteiger charge is 2.61. The Kier molecular flexibility index (Phi) is 4.81. The van der Waals surface area contributed by atoms with E-state index in [1.165, 1.54) is 0 Å². The van der Waals surface area contributed by atoms with Crippen LogP contribution >= 0.6 is 0 Å². The average molecular weight is 374 g/mol. The molecule has 24 heavy (non-hydrogen) atoms. The van der Waals surface area contributed by atoms with E-state index >= 15 is 0 Å². The molecule has 0 unspecified atom stereocenters. The summed E-state index contributed by atoms with van der Waals surface area (Å²) >= 11 is 0. The van der Waals surface area contributed by atoms with Crippen LogP contribution in [0.1, 0.15) is 42.3 Å². The van der Waals surface area contributed by atoms with E-state index in [2.05, 4.69) is 0 Å². The second kappa shape index (κ2) is 5.68. The molecule has 1 N–H and O–H groups in total. The van der Waals surface area contributed by atoms with E-state index < -0.39 is 54.2 Å². The summed E-state index contributed by atoms with van der Waals surface area (Å²) in [6.45, 7) is 4.23. The zero-order valence-electron chi connectivity index (χ0n) is 13.1. The predicted octanol–water partition coefficient (Wildman–Crippen LogP) is 3.92. The number of carboxylic acids is 1. The number of alkyl halides is 5. The molecule has 1 aromatic carbocycles. The van der Waals surface area contributed by atoms with E-state index in [0.717, 1.165) is 27.7 Å². The molecule has 0 atom stereocenters. The number of hydrogen-bond acceptors (Lipinski definition) is 3. The fourth-order valence-electron chi connectivity index (χ4n) is 1.98. The number of carboxylic acid groups (broad SMARTS) is 1. The van der Waals surface area contributed by atoms with Crippen molar-refractivity contribution in [3.63, 3.8) is 0 Å². The molecule has 0 amide bonds. The molecule has 0 fully saturated rings. The van der Waals surface area contributed by atoms with Gasteiger partial charge in [-0.3, -0.25) is 0 Å². The first-order chi connectivity index (χ1) is 10.5. The van der Waals surface area contributed by atoms with E-state index in [9.17, 15) is 35.2 Å². The van der Waals surface area contributed by atoms with Crippen LogP contribution in [-0.4, -0.2) is 30.4 Å². The third kappa shape index (κ3) is 3.11. The molecule has 10 heteroatoms. The molecule has 0 saturated heterocycles. The molecule has 0 aliphatic carbocycles. The van der Waals surface area contributed by atoms with Crippen LogP contribution in [0.4, 0.5) is 22.0 Å². The first kappa shape index (κ1) is 20.3. The van der Waals surface area contributed by atoms with Gasteiger partial charge in [0.05, 0.1) is 15.2 Å². The zero-order chi connectivity index (χ0) is 19.3. The van der Waals surface area contributed by atoms with Crippen molar-refractivity contribution in [1.82, 2.24) is 0 Å². The number of rotatable bonds is 3. The second-order valence-electron chi connectivity index (χ2n) is 6.11. The lowest BCUT2D eigenvalue weighted by molar-refractivity contribution is -0.290. The smallest absolute Gasteiger partial charge is 0.458 e. The molecular weight excluding hydrogens is 359 g/mol. The van der Waals surface area contributed by atoms with Gasteiger partial charge in [-0.1, -0.05) is 6.07 Å². The standard InChI is InChI=1S/C14H15F5O4S/c1-7-8(11(20)21)5-6-9(13(15,16)14(17,18)19)10(7)24(22,23)12(2,3)4/h5-6H,1-4H3,(H,20,21). The molecule has 136 valence electrons. The van der Waals surface area contributed by atoms with Crippen LogP contribution in [0.2, 0.25) is 0 Å². The summed E-state index contributed by atoms with van der Waals surface area (Å²) in [6.07, 6.45) is -6.04. The molecule has 0 aromatic heterocycles. The van der Waals surface area contributed by atoms with Crippen LogP contribution in [0.5, 0.6) is 0 Å². The van der Waals surface area contributed by atoms with Crippen LogP contribution in [0.25, 0.3) is 0 Å². The molecule has 0 aliphatic heterocycles. The quantitative estimate of drug-likeness (QED) is 0.814. The lowest BCUT2D eigenvalue weighted by Gasteiger charge is -2.28. The Morgan fingerprint density at radius 1 is 1.04 bits per heavy atom. The highest BCUT2D eigenvalue weighted by atomic mass is 32.2. The summed E-state index contributed by atoms with van der Waals surface area (Å²) in [7, 11) is -4.68. The van der Waals surface area contributed by atoms with Gasteiger partial charge in [-0.15, -0.1) is 0 Å². The maximum Gasteiger partial charge on any atom is 0.458 e. The highest BCUT2D eigenvalue weighted by molar-refractivity contribution is 7.92. The Morgan fingerprint density at radius 3 is 1.83 bits per heavy atom. The third-order valence-corrected chi connectivity index (χ3v) is 6.08. The van der Waals surface area contributed by atoms with Crippen molar-refractivity contribution in [1.29, 1.82) is 0 Å². The Labute approximate surface area is 135 Å². The molecule has 1 aromatic rings. The average Bonchev–Trinajstić information content (AvgIpc) is 2.34. The van der Waals surface area contributed by atoms with Gasteiger partial charge in [-0.25, -0.2) is 13.2 Å². The lowest BCUT2D eigenvalue weighted by atomic mass is 10.0. The summed E-state index contributed by atoms with van der Waals surface area (Å²) in [5, 5.41) is 9.01. The summed E-state index contributed by atoms with van der Waals surface area (Å²) in [6, 6.07) is 0.733. The van der Waals surface area contributed by atoms with Crippen molar-refractivity contribution in [2.45, 2.75) is 49.4 Å². The number of benzene rings is 1. The van der Waals surface area contributed by atoms with E-state index in [-0.39, 0.29) is 6.07 Å². The van der Waals surface area contributed by atoms with Gasteiger partial charge in [0, 0.05) is 5.56 Å². The fraction of sp³-hybridized carbons (Fsp3) is 0.500. The van der Waals surface area contributed by atoms with Gasteiger partial charge >= 0.3 is 18.1 Å². The summed E-state index contributed by atoms with van der Waals surface area (Å²) in [5.74, 6) is -7.10. The normalized spacial score (nSPS) is 13.9. The van der Waals surface area contributed by atoms with Gasteiger partial charge < -0.3 is 5.11 Å². The molecule has 0 spiro atoms. The molecule has 4 nitrogen and oxygen atoms in total. The van der Waals surface area contributed by atoms with Gasteiger partial charge in [0.25, 0.3) is 0 Å². The molecule has 1 rings (SSSR count). The maximum atomic E-state index is 13.8.